The summed E-state index contributed by atoms with van der Waals surface area (Å²) >= 11 is 0. The first kappa shape index (κ1) is 18.9. The van der Waals surface area contributed by atoms with E-state index in [1.807, 2.05) is 14.0 Å². The van der Waals surface area contributed by atoms with Crippen molar-refractivity contribution in [3.05, 3.63) is 0 Å². The number of Topliss-reactive ketones (excluding diaryl/α,β-unsaturated/α-hetero) is 1. The first-order valence-corrected chi connectivity index (χ1v) is 10.9. The lowest BCUT2D eigenvalue weighted by atomic mass is 9.40. The van der Waals surface area contributed by atoms with Crippen LogP contribution in [0.25, 0.3) is 0 Å². The summed E-state index contributed by atoms with van der Waals surface area (Å²) in [6.45, 7) is 7.52. The summed E-state index contributed by atoms with van der Waals surface area (Å²) in [6, 6.07) is 0. The predicted molar refractivity (Wildman–Crippen MR) is 103 cm³/mol. The Kier molecular flexibility index (Phi) is 4.59. The van der Waals surface area contributed by atoms with Crippen LogP contribution >= 0.6 is 0 Å². The Morgan fingerprint density at radius 1 is 1.04 bits per heavy atom. The first-order chi connectivity index (χ1) is 12.3. The molecule has 1 N–H and O–H groups in total. The summed E-state index contributed by atoms with van der Waals surface area (Å²) in [5.41, 5.74) is 0.650. The van der Waals surface area contributed by atoms with Crippen molar-refractivity contribution in [3.8, 4) is 0 Å². The molecule has 8 atom stereocenters. The summed E-state index contributed by atoms with van der Waals surface area (Å²) in [5, 5.41) is 10.4. The standard InChI is InChI=1S/C23H38O3/c1-15(24)18-5-6-19-17-8-10-21(2)13-16(25)7-12-23(21,14-26-4)20(17)9-11-22(18,19)3/h16-20,25H,5-14H2,1-4H3/t16-,17+,18-,19+,20+,21+,22-,23+/m1/s1. The fourth-order valence-electron chi connectivity index (χ4n) is 8.68. The molecular weight excluding hydrogens is 324 g/mol. The van der Waals surface area contributed by atoms with Gasteiger partial charge in [0.05, 0.1) is 12.7 Å². The first-order valence-electron chi connectivity index (χ1n) is 10.9. The maximum atomic E-state index is 12.3. The molecule has 0 bridgehead atoms. The van der Waals surface area contributed by atoms with Gasteiger partial charge in [0.25, 0.3) is 0 Å². The smallest absolute Gasteiger partial charge is 0.133 e. The molecule has 0 saturated heterocycles. The van der Waals surface area contributed by atoms with Gasteiger partial charge in [0, 0.05) is 18.4 Å². The van der Waals surface area contributed by atoms with Gasteiger partial charge in [-0.05, 0) is 93.3 Å². The molecular formula is C23H38O3. The molecule has 0 unspecified atom stereocenters. The quantitative estimate of drug-likeness (QED) is 0.797. The van der Waals surface area contributed by atoms with Gasteiger partial charge in [-0.25, -0.2) is 0 Å². The van der Waals surface area contributed by atoms with Crippen LogP contribution in [0.3, 0.4) is 0 Å². The second-order valence-corrected chi connectivity index (χ2v) is 10.7. The van der Waals surface area contributed by atoms with Gasteiger partial charge in [0.15, 0.2) is 0 Å². The molecule has 4 fully saturated rings. The molecule has 0 spiro atoms. The zero-order valence-electron chi connectivity index (χ0n) is 17.2. The summed E-state index contributed by atoms with van der Waals surface area (Å²) < 4.78 is 5.85. The highest BCUT2D eigenvalue weighted by Gasteiger charge is 2.65. The second-order valence-electron chi connectivity index (χ2n) is 10.7. The Morgan fingerprint density at radius 3 is 2.50 bits per heavy atom. The van der Waals surface area contributed by atoms with Gasteiger partial charge >= 0.3 is 0 Å². The molecule has 0 amide bonds. The van der Waals surface area contributed by atoms with Crippen LogP contribution in [0.4, 0.5) is 0 Å². The minimum Gasteiger partial charge on any atom is -0.393 e. The maximum absolute atomic E-state index is 12.3. The van der Waals surface area contributed by atoms with E-state index in [4.69, 9.17) is 4.74 Å². The molecule has 3 heteroatoms. The minimum absolute atomic E-state index is 0.135. The molecule has 0 heterocycles. The van der Waals surface area contributed by atoms with E-state index in [9.17, 15) is 9.90 Å². The summed E-state index contributed by atoms with van der Waals surface area (Å²) in [4.78, 5) is 12.3. The molecule has 0 radical (unpaired) electrons. The van der Waals surface area contributed by atoms with Gasteiger partial charge in [-0.2, -0.15) is 0 Å². The van der Waals surface area contributed by atoms with Crippen LogP contribution in [0.1, 0.15) is 78.6 Å². The zero-order valence-corrected chi connectivity index (χ0v) is 17.2. The average molecular weight is 363 g/mol. The largest absolute Gasteiger partial charge is 0.393 e. The maximum Gasteiger partial charge on any atom is 0.133 e. The molecule has 0 aromatic heterocycles. The van der Waals surface area contributed by atoms with E-state index in [0.717, 1.165) is 38.2 Å². The number of ether oxygens (including phenoxy) is 1. The Bertz CT molecular complexity index is 574. The molecule has 4 aliphatic carbocycles. The molecule has 4 saturated carbocycles. The third kappa shape index (κ3) is 2.42. The number of carbonyl (C=O) groups excluding carboxylic acids is 1. The van der Waals surface area contributed by atoms with Crippen molar-refractivity contribution < 1.29 is 14.6 Å². The van der Waals surface area contributed by atoms with E-state index in [0.29, 0.717) is 17.6 Å². The van der Waals surface area contributed by atoms with Crippen LogP contribution in [0, 0.1) is 39.9 Å². The van der Waals surface area contributed by atoms with E-state index < -0.39 is 0 Å². The Labute approximate surface area is 159 Å². The SMILES string of the molecule is COC[C@]12CC[C@@H](O)C[C@]1(C)CC[C@H]1[C@@H]3CC[C@H](C(C)=O)[C@@]3(C)CC[C@@H]12. The molecule has 148 valence electrons. The van der Waals surface area contributed by atoms with Crippen molar-refractivity contribution in [2.24, 2.45) is 39.9 Å². The Hall–Kier alpha value is -0.410. The Morgan fingerprint density at radius 2 is 1.81 bits per heavy atom. The number of fused-ring (bicyclic) bond motifs is 5. The van der Waals surface area contributed by atoms with E-state index in [1.54, 1.807) is 0 Å². The van der Waals surface area contributed by atoms with Crippen LogP contribution in [-0.2, 0) is 9.53 Å². The number of aliphatic hydroxyl groups is 1. The van der Waals surface area contributed by atoms with Crippen LogP contribution < -0.4 is 0 Å². The highest BCUT2D eigenvalue weighted by atomic mass is 16.5. The van der Waals surface area contributed by atoms with Gasteiger partial charge in [0.1, 0.15) is 5.78 Å². The molecule has 0 aliphatic heterocycles. The summed E-state index contributed by atoms with van der Waals surface area (Å²) in [7, 11) is 1.86. The second kappa shape index (κ2) is 6.30. The minimum atomic E-state index is -0.135. The Balaban J connectivity index is 1.69. The van der Waals surface area contributed by atoms with E-state index >= 15 is 0 Å². The number of rotatable bonds is 3. The van der Waals surface area contributed by atoms with Gasteiger partial charge in [-0.15, -0.1) is 0 Å². The molecule has 26 heavy (non-hydrogen) atoms. The third-order valence-electron chi connectivity index (χ3n) is 9.88. The predicted octanol–water partition coefficient (Wildman–Crippen LogP) is 4.61. The monoisotopic (exact) mass is 362 g/mol. The fraction of sp³-hybridized carbons (Fsp3) is 0.957. The normalized spacial score (nSPS) is 53.5. The van der Waals surface area contributed by atoms with Crippen LogP contribution in [0.15, 0.2) is 0 Å². The van der Waals surface area contributed by atoms with Crippen molar-refractivity contribution >= 4 is 5.78 Å². The molecule has 3 nitrogen and oxygen atoms in total. The number of hydrogen-bond donors (Lipinski definition) is 1. The van der Waals surface area contributed by atoms with Crippen molar-refractivity contribution in [1.82, 2.24) is 0 Å². The molecule has 4 aliphatic rings. The van der Waals surface area contributed by atoms with Gasteiger partial charge in [-0.3, -0.25) is 4.79 Å². The van der Waals surface area contributed by atoms with Gasteiger partial charge < -0.3 is 9.84 Å². The summed E-state index contributed by atoms with van der Waals surface area (Å²) in [5.74, 6) is 2.86. The topological polar surface area (TPSA) is 46.5 Å². The lowest BCUT2D eigenvalue weighted by Gasteiger charge is -2.65. The van der Waals surface area contributed by atoms with Crippen LogP contribution in [0.2, 0.25) is 0 Å². The third-order valence-corrected chi connectivity index (χ3v) is 9.88. The molecule has 0 aromatic rings. The van der Waals surface area contributed by atoms with Crippen molar-refractivity contribution in [2.45, 2.75) is 84.7 Å². The average Bonchev–Trinajstić information content (AvgIpc) is 2.93. The lowest BCUT2D eigenvalue weighted by Crippen LogP contribution is -2.61. The van der Waals surface area contributed by atoms with Gasteiger partial charge in [-0.1, -0.05) is 13.8 Å². The number of aliphatic hydroxyl groups excluding tert-OH is 1. The van der Waals surface area contributed by atoms with Crippen molar-refractivity contribution in [2.75, 3.05) is 13.7 Å². The number of hydrogen-bond acceptors (Lipinski definition) is 3. The number of methoxy groups -OCH3 is 1. The number of ketones is 1. The van der Waals surface area contributed by atoms with Crippen molar-refractivity contribution in [1.29, 1.82) is 0 Å². The molecule has 4 rings (SSSR count). The highest BCUT2D eigenvalue weighted by Crippen LogP contribution is 2.70. The van der Waals surface area contributed by atoms with Crippen LogP contribution in [-0.4, -0.2) is 30.7 Å². The zero-order chi connectivity index (χ0) is 18.7. The van der Waals surface area contributed by atoms with E-state index in [-0.39, 0.29) is 28.3 Å². The molecule has 0 aromatic carbocycles. The number of carbonyl (C=O) groups is 1. The van der Waals surface area contributed by atoms with Crippen LogP contribution in [0.5, 0.6) is 0 Å². The van der Waals surface area contributed by atoms with E-state index in [1.165, 1.54) is 32.1 Å². The fourth-order valence-corrected chi connectivity index (χ4v) is 8.68. The van der Waals surface area contributed by atoms with E-state index in [2.05, 4.69) is 13.8 Å². The van der Waals surface area contributed by atoms with Gasteiger partial charge in [0.2, 0.25) is 0 Å². The summed E-state index contributed by atoms with van der Waals surface area (Å²) in [6.07, 6.45) is 10.1. The van der Waals surface area contributed by atoms with Crippen molar-refractivity contribution in [3.63, 3.8) is 0 Å². The highest BCUT2D eigenvalue weighted by molar-refractivity contribution is 5.79. The lowest BCUT2D eigenvalue weighted by molar-refractivity contribution is -0.199.